The van der Waals surface area contributed by atoms with Crippen molar-refractivity contribution < 1.29 is 65.0 Å². The van der Waals surface area contributed by atoms with Gasteiger partial charge in [-0.25, -0.2) is 4.79 Å². The summed E-state index contributed by atoms with van der Waals surface area (Å²) in [6.45, 7) is 0. The number of hydrogen-bond acceptors (Lipinski definition) is 14. The Kier molecular flexibility index (Phi) is 7.59. The van der Waals surface area contributed by atoms with Crippen molar-refractivity contribution in [1.29, 1.82) is 0 Å². The van der Waals surface area contributed by atoms with E-state index in [0.29, 0.717) is 0 Å². The lowest BCUT2D eigenvalue weighted by Gasteiger charge is -2.34. The topological polar surface area (TPSA) is 244 Å². The number of aromatic hydroxyl groups is 8. The molecule has 0 amide bonds. The molecule has 2 aliphatic heterocycles. The second kappa shape index (κ2) is 11.9. The van der Waals surface area contributed by atoms with Crippen LogP contribution in [0.5, 0.6) is 57.5 Å². The SMILES string of the molecule is O=C(O[C@@H]1Cc2c(O)cc(O)cc2O[C@@H]1c1ccc(O)c(O)c1)c1cc(O)c(=O)c2c(O)ccc([C@H]3Oc4cc(O)cc(O)c4C[C@H]3O)c2c1. The first kappa shape index (κ1) is 32.0. The van der Waals surface area contributed by atoms with E-state index in [4.69, 9.17) is 14.2 Å². The molecule has 0 saturated carbocycles. The highest BCUT2D eigenvalue weighted by atomic mass is 16.6. The minimum Gasteiger partial charge on any atom is -0.508 e. The molecule has 14 heteroatoms. The molecule has 0 radical (unpaired) electrons. The van der Waals surface area contributed by atoms with E-state index in [0.717, 1.165) is 30.3 Å². The van der Waals surface area contributed by atoms with Crippen LogP contribution >= 0.6 is 0 Å². The molecule has 5 aromatic carbocycles. The van der Waals surface area contributed by atoms with Crippen LogP contribution in [0.3, 0.4) is 0 Å². The number of esters is 1. The number of carbonyl (C=O) groups excluding carboxylic acids is 1. The third kappa shape index (κ3) is 5.46. The highest BCUT2D eigenvalue weighted by Gasteiger charge is 2.38. The van der Waals surface area contributed by atoms with Gasteiger partial charge in [0.2, 0.25) is 5.43 Å². The molecule has 2 heterocycles. The van der Waals surface area contributed by atoms with Gasteiger partial charge in [-0.3, -0.25) is 4.79 Å². The normalized spacial score (nSPS) is 19.5. The molecular weight excluding hydrogens is 656 g/mol. The third-order valence-corrected chi connectivity index (χ3v) is 8.79. The minimum atomic E-state index is -1.32. The quantitative estimate of drug-likeness (QED) is 0.0967. The minimum absolute atomic E-state index is 0.0459. The van der Waals surface area contributed by atoms with Crippen LogP contribution in [-0.4, -0.2) is 64.1 Å². The van der Waals surface area contributed by atoms with Crippen LogP contribution in [0, 0.1) is 0 Å². The summed E-state index contributed by atoms with van der Waals surface area (Å²) in [5.74, 6) is -4.67. The molecule has 14 nitrogen and oxygen atoms in total. The second-order valence-corrected chi connectivity index (χ2v) is 12.0. The van der Waals surface area contributed by atoms with E-state index < -0.39 is 64.2 Å². The van der Waals surface area contributed by atoms with E-state index in [-0.39, 0.29) is 80.5 Å². The Morgan fingerprint density at radius 2 is 1.26 bits per heavy atom. The molecule has 0 spiro atoms. The predicted octanol–water partition coefficient (Wildman–Crippen LogP) is 3.78. The van der Waals surface area contributed by atoms with E-state index in [1.165, 1.54) is 36.4 Å². The summed E-state index contributed by atoms with van der Waals surface area (Å²) in [6, 6.07) is 12.9. The maximum Gasteiger partial charge on any atom is 0.338 e. The van der Waals surface area contributed by atoms with Crippen molar-refractivity contribution in [3.05, 3.63) is 105 Å². The van der Waals surface area contributed by atoms with Gasteiger partial charge in [0.15, 0.2) is 29.5 Å². The zero-order chi connectivity index (χ0) is 35.6. The first-order valence-corrected chi connectivity index (χ1v) is 15.2. The lowest BCUT2D eigenvalue weighted by molar-refractivity contribution is -0.0188. The molecular formula is C36H28O14. The molecule has 0 bridgehead atoms. The Morgan fingerprint density at radius 1 is 0.640 bits per heavy atom. The molecule has 7 rings (SSSR count). The van der Waals surface area contributed by atoms with Crippen molar-refractivity contribution in [1.82, 2.24) is 0 Å². The summed E-state index contributed by atoms with van der Waals surface area (Å²) in [7, 11) is 0. The Labute approximate surface area is 281 Å². The van der Waals surface area contributed by atoms with Gasteiger partial charge in [-0.15, -0.1) is 0 Å². The van der Waals surface area contributed by atoms with E-state index in [2.05, 4.69) is 0 Å². The summed E-state index contributed by atoms with van der Waals surface area (Å²) >= 11 is 0. The summed E-state index contributed by atoms with van der Waals surface area (Å²) in [4.78, 5) is 27.3. The van der Waals surface area contributed by atoms with Crippen molar-refractivity contribution >= 4 is 16.7 Å². The Morgan fingerprint density at radius 3 is 1.92 bits per heavy atom. The lowest BCUT2D eigenvalue weighted by Crippen LogP contribution is -2.34. The highest BCUT2D eigenvalue weighted by molar-refractivity contribution is 5.98. The Hall–Kier alpha value is -6.54. The lowest BCUT2D eigenvalue weighted by atomic mass is 9.91. The zero-order valence-electron chi connectivity index (χ0n) is 25.6. The highest BCUT2D eigenvalue weighted by Crippen LogP contribution is 2.46. The second-order valence-electron chi connectivity index (χ2n) is 12.0. The van der Waals surface area contributed by atoms with Crippen LogP contribution in [0.4, 0.5) is 0 Å². The average Bonchev–Trinajstić information content (AvgIpc) is 3.19. The fourth-order valence-corrected chi connectivity index (χ4v) is 6.41. The van der Waals surface area contributed by atoms with Gasteiger partial charge in [0.1, 0.15) is 46.4 Å². The first-order valence-electron chi connectivity index (χ1n) is 15.2. The van der Waals surface area contributed by atoms with E-state index in [1.807, 2.05) is 0 Å². The number of benzene rings is 4. The Bertz CT molecular complexity index is 2280. The number of phenolic OH excluding ortho intramolecular Hbond substituents is 7. The predicted molar refractivity (Wildman–Crippen MR) is 172 cm³/mol. The average molecular weight is 685 g/mol. The van der Waals surface area contributed by atoms with Gasteiger partial charge in [0, 0.05) is 59.4 Å². The standard InChI is InChI=1S/C36H28O14/c37-16-8-24(41)20-12-28(45)35(49-29(20)10-16)18-2-4-23(40)32-19(18)5-15(7-27(44)33(32)46)36(47)50-31-13-21-25(42)9-17(38)11-30(21)48-34(31)14-1-3-22(39)26(43)6-14/h1-11,28,31,34-35,37-43,45H,12-13H2,(H,44,46)/t28-,31-,34-,35-/m1/s1. The molecule has 2 aliphatic rings. The van der Waals surface area contributed by atoms with Gasteiger partial charge in [0.05, 0.1) is 17.1 Å². The summed E-state index contributed by atoms with van der Waals surface area (Å²) in [6.07, 6.45) is -5.23. The molecule has 0 fully saturated rings. The fraction of sp³-hybridized carbons (Fsp3) is 0.167. The molecule has 0 aliphatic carbocycles. The summed E-state index contributed by atoms with van der Waals surface area (Å²) < 4.78 is 17.9. The van der Waals surface area contributed by atoms with Gasteiger partial charge in [0.25, 0.3) is 0 Å². The van der Waals surface area contributed by atoms with Gasteiger partial charge in [-0.05, 0) is 35.7 Å². The molecule has 4 atom stereocenters. The van der Waals surface area contributed by atoms with Crippen molar-refractivity contribution in [2.75, 3.05) is 0 Å². The van der Waals surface area contributed by atoms with Crippen LogP contribution in [0.2, 0.25) is 0 Å². The summed E-state index contributed by atoms with van der Waals surface area (Å²) in [5, 5.41) is 93.0. The number of phenols is 7. The number of aliphatic hydroxyl groups is 1. The fourth-order valence-electron chi connectivity index (χ4n) is 6.41. The molecule has 256 valence electrons. The van der Waals surface area contributed by atoms with Crippen LogP contribution in [0.15, 0.2) is 71.5 Å². The number of carbonyl (C=O) groups is 1. The number of hydrogen-bond donors (Lipinski definition) is 9. The van der Waals surface area contributed by atoms with E-state index in [9.17, 15) is 55.5 Å². The number of fused-ring (bicyclic) bond motifs is 3. The largest absolute Gasteiger partial charge is 0.508 e. The number of ether oxygens (including phenoxy) is 3. The molecule has 0 unspecified atom stereocenters. The molecule has 0 aromatic heterocycles. The molecule has 50 heavy (non-hydrogen) atoms. The van der Waals surface area contributed by atoms with Crippen molar-refractivity contribution in [2.24, 2.45) is 0 Å². The van der Waals surface area contributed by atoms with Crippen molar-refractivity contribution in [2.45, 2.75) is 37.3 Å². The smallest absolute Gasteiger partial charge is 0.338 e. The number of aliphatic hydroxyl groups excluding tert-OH is 1. The van der Waals surface area contributed by atoms with Gasteiger partial charge >= 0.3 is 5.97 Å². The summed E-state index contributed by atoms with van der Waals surface area (Å²) in [5.41, 5.74) is -0.680. The zero-order valence-corrected chi connectivity index (χ0v) is 25.6. The molecule has 0 saturated heterocycles. The van der Waals surface area contributed by atoms with Gasteiger partial charge in [-0.1, -0.05) is 12.1 Å². The van der Waals surface area contributed by atoms with Crippen LogP contribution in [0.1, 0.15) is 44.8 Å². The van der Waals surface area contributed by atoms with Gasteiger partial charge < -0.3 is 60.2 Å². The van der Waals surface area contributed by atoms with Crippen LogP contribution < -0.4 is 14.9 Å². The Balaban J connectivity index is 1.32. The molecule has 5 aromatic rings. The monoisotopic (exact) mass is 684 g/mol. The first-order chi connectivity index (χ1) is 23.8. The maximum absolute atomic E-state index is 13.9. The van der Waals surface area contributed by atoms with E-state index >= 15 is 0 Å². The third-order valence-electron chi connectivity index (χ3n) is 8.79. The number of rotatable bonds is 4. The van der Waals surface area contributed by atoms with Crippen molar-refractivity contribution in [3.63, 3.8) is 0 Å². The van der Waals surface area contributed by atoms with Crippen molar-refractivity contribution in [3.8, 4) is 57.5 Å². The van der Waals surface area contributed by atoms with Gasteiger partial charge in [-0.2, -0.15) is 0 Å². The van der Waals surface area contributed by atoms with E-state index in [1.54, 1.807) is 0 Å². The van der Waals surface area contributed by atoms with Crippen LogP contribution in [-0.2, 0) is 17.6 Å². The maximum atomic E-state index is 13.9. The molecule has 9 N–H and O–H groups in total. The van der Waals surface area contributed by atoms with Crippen LogP contribution in [0.25, 0.3) is 10.8 Å².